The highest BCUT2D eigenvalue weighted by Crippen LogP contribution is 2.32. The third-order valence-corrected chi connectivity index (χ3v) is 6.81. The summed E-state index contributed by atoms with van der Waals surface area (Å²) in [6, 6.07) is 19.4. The number of aromatic nitrogens is 2. The first-order valence-electron chi connectivity index (χ1n) is 9.16. The number of hydrogen-bond acceptors (Lipinski definition) is 4. The van der Waals surface area contributed by atoms with Gasteiger partial charge in [0.25, 0.3) is 5.91 Å². The normalized spacial score (nSPS) is 11.5. The lowest BCUT2D eigenvalue weighted by Crippen LogP contribution is -2.19. The maximum Gasteiger partial charge on any atom is 0.328 e. The van der Waals surface area contributed by atoms with Gasteiger partial charge in [0.1, 0.15) is 0 Å². The average Bonchev–Trinajstić information content (AvgIpc) is 2.98. The summed E-state index contributed by atoms with van der Waals surface area (Å²) in [7, 11) is -0.777. The monoisotopic (exact) mass is 421 g/mol. The number of rotatable bonds is 4. The van der Waals surface area contributed by atoms with Crippen molar-refractivity contribution in [2.24, 2.45) is 14.1 Å². The van der Waals surface area contributed by atoms with Crippen LogP contribution in [0.3, 0.4) is 0 Å². The number of aryl methyl sites for hydroxylation is 2. The largest absolute Gasteiger partial charge is 0.328 e. The van der Waals surface area contributed by atoms with Crippen molar-refractivity contribution in [1.82, 2.24) is 9.13 Å². The molecule has 7 nitrogen and oxygen atoms in total. The van der Waals surface area contributed by atoms with Crippen LogP contribution in [0.4, 0.5) is 5.69 Å². The summed E-state index contributed by atoms with van der Waals surface area (Å²) in [5.41, 5.74) is 1.18. The van der Waals surface area contributed by atoms with E-state index in [1.165, 1.54) is 33.4 Å². The van der Waals surface area contributed by atoms with Gasteiger partial charge in [-0.05, 0) is 36.4 Å². The maximum atomic E-state index is 13.4. The molecule has 4 aromatic rings. The predicted molar refractivity (Wildman–Crippen MR) is 114 cm³/mol. The quantitative estimate of drug-likeness (QED) is 0.549. The van der Waals surface area contributed by atoms with Crippen LogP contribution in [0.25, 0.3) is 11.0 Å². The fourth-order valence-electron chi connectivity index (χ4n) is 3.36. The van der Waals surface area contributed by atoms with Crippen LogP contribution in [0.2, 0.25) is 0 Å². The minimum absolute atomic E-state index is 0.0771. The van der Waals surface area contributed by atoms with Crippen LogP contribution < -0.4 is 11.0 Å². The molecule has 1 amide bonds. The van der Waals surface area contributed by atoms with Crippen LogP contribution in [0.5, 0.6) is 0 Å². The lowest BCUT2D eigenvalue weighted by Gasteiger charge is -2.13. The fraction of sp³-hybridized carbons (Fsp3) is 0.0909. The first kappa shape index (κ1) is 19.7. The molecular weight excluding hydrogens is 402 g/mol. The number of imidazole rings is 1. The zero-order valence-electron chi connectivity index (χ0n) is 16.4. The van der Waals surface area contributed by atoms with Gasteiger partial charge in [-0.1, -0.05) is 36.4 Å². The number of hydrogen-bond donors (Lipinski definition) is 1. The van der Waals surface area contributed by atoms with Crippen molar-refractivity contribution in [3.8, 4) is 0 Å². The van der Waals surface area contributed by atoms with E-state index in [0.29, 0.717) is 16.6 Å². The molecule has 0 saturated carbocycles. The molecule has 0 unspecified atom stereocenters. The Kier molecular flexibility index (Phi) is 4.79. The highest BCUT2D eigenvalue weighted by atomic mass is 32.2. The molecule has 8 heteroatoms. The Hall–Kier alpha value is -3.65. The second-order valence-electron chi connectivity index (χ2n) is 6.87. The summed E-state index contributed by atoms with van der Waals surface area (Å²) in [6.45, 7) is 0. The fourth-order valence-corrected chi connectivity index (χ4v) is 4.79. The van der Waals surface area contributed by atoms with Gasteiger partial charge in [0.2, 0.25) is 9.84 Å². The van der Waals surface area contributed by atoms with Crippen LogP contribution in [0.1, 0.15) is 10.4 Å². The van der Waals surface area contributed by atoms with Gasteiger partial charge < -0.3 is 5.32 Å². The Morgan fingerprint density at radius 2 is 1.37 bits per heavy atom. The molecule has 0 spiro atoms. The van der Waals surface area contributed by atoms with E-state index in [1.807, 2.05) is 0 Å². The van der Waals surface area contributed by atoms with Crippen LogP contribution in [0, 0.1) is 0 Å². The summed E-state index contributed by atoms with van der Waals surface area (Å²) >= 11 is 0. The summed E-state index contributed by atoms with van der Waals surface area (Å²) in [6.07, 6.45) is 0. The van der Waals surface area contributed by atoms with Crippen molar-refractivity contribution >= 4 is 32.5 Å². The lowest BCUT2D eigenvalue weighted by molar-refractivity contribution is 0.102. The van der Waals surface area contributed by atoms with E-state index in [9.17, 15) is 18.0 Å². The van der Waals surface area contributed by atoms with Gasteiger partial charge in [-0.25, -0.2) is 13.2 Å². The van der Waals surface area contributed by atoms with E-state index >= 15 is 0 Å². The van der Waals surface area contributed by atoms with E-state index < -0.39 is 15.7 Å². The first-order valence-corrected chi connectivity index (χ1v) is 10.6. The highest BCUT2D eigenvalue weighted by molar-refractivity contribution is 7.91. The van der Waals surface area contributed by atoms with Gasteiger partial charge in [-0.15, -0.1) is 0 Å². The van der Waals surface area contributed by atoms with E-state index in [0.717, 1.165) is 0 Å². The van der Waals surface area contributed by atoms with Gasteiger partial charge in [-0.3, -0.25) is 13.9 Å². The second kappa shape index (κ2) is 7.31. The molecule has 0 atom stereocenters. The third kappa shape index (κ3) is 3.21. The molecule has 0 bridgehead atoms. The summed E-state index contributed by atoms with van der Waals surface area (Å²) in [5, 5.41) is 2.71. The number of nitrogens with zero attached hydrogens (tertiary/aromatic N) is 2. The number of anilines is 1. The minimum Gasteiger partial charge on any atom is -0.321 e. The number of nitrogens with one attached hydrogen (secondary N) is 1. The molecule has 1 aromatic heterocycles. The van der Waals surface area contributed by atoms with Crippen molar-refractivity contribution < 1.29 is 13.2 Å². The zero-order valence-corrected chi connectivity index (χ0v) is 17.2. The third-order valence-electron chi connectivity index (χ3n) is 5.00. The minimum atomic E-state index is -3.95. The molecule has 0 saturated heterocycles. The molecule has 4 rings (SSSR count). The second-order valence-corrected chi connectivity index (χ2v) is 8.79. The topological polar surface area (TPSA) is 90.2 Å². The van der Waals surface area contributed by atoms with Gasteiger partial charge in [0.15, 0.2) is 0 Å². The van der Waals surface area contributed by atoms with Crippen LogP contribution in [0.15, 0.2) is 87.4 Å². The summed E-state index contributed by atoms with van der Waals surface area (Å²) < 4.78 is 29.5. The van der Waals surface area contributed by atoms with E-state index in [-0.39, 0.29) is 21.2 Å². The van der Waals surface area contributed by atoms with Gasteiger partial charge in [0, 0.05) is 19.7 Å². The molecule has 152 valence electrons. The average molecular weight is 421 g/mol. The highest BCUT2D eigenvalue weighted by Gasteiger charge is 2.25. The first-order chi connectivity index (χ1) is 14.3. The molecular formula is C22H19N3O4S. The van der Waals surface area contributed by atoms with Crippen molar-refractivity contribution in [3.63, 3.8) is 0 Å². The van der Waals surface area contributed by atoms with Gasteiger partial charge in [-0.2, -0.15) is 0 Å². The Morgan fingerprint density at radius 1 is 0.833 bits per heavy atom. The Bertz CT molecular complexity index is 1420. The number of benzene rings is 3. The molecule has 1 N–H and O–H groups in total. The van der Waals surface area contributed by atoms with Gasteiger partial charge >= 0.3 is 5.69 Å². The molecule has 0 radical (unpaired) electrons. The Balaban J connectivity index is 1.95. The lowest BCUT2D eigenvalue weighted by atomic mass is 10.2. The maximum absolute atomic E-state index is 13.4. The van der Waals surface area contributed by atoms with Crippen LogP contribution in [-0.4, -0.2) is 23.5 Å². The zero-order chi connectivity index (χ0) is 21.5. The predicted octanol–water partition coefficient (Wildman–Crippen LogP) is 2.96. The van der Waals surface area contributed by atoms with Crippen molar-refractivity contribution in [3.05, 3.63) is 88.8 Å². The van der Waals surface area contributed by atoms with E-state index in [1.54, 1.807) is 62.6 Å². The van der Waals surface area contributed by atoms with E-state index in [2.05, 4.69) is 5.32 Å². The molecule has 0 aliphatic rings. The van der Waals surface area contributed by atoms with Crippen LogP contribution in [-0.2, 0) is 23.9 Å². The SMILES string of the molecule is Cn1c(=O)n(C)c2cc(S(=O)(=O)c3ccccc3)c(NC(=O)c3ccccc3)cc21. The van der Waals surface area contributed by atoms with Crippen LogP contribution >= 0.6 is 0 Å². The molecule has 1 heterocycles. The van der Waals surface area contributed by atoms with E-state index in [4.69, 9.17) is 0 Å². The Labute approximate surface area is 173 Å². The van der Waals surface area contributed by atoms with Crippen molar-refractivity contribution in [2.45, 2.75) is 9.79 Å². The number of carbonyl (C=O) groups is 1. The van der Waals surface area contributed by atoms with Gasteiger partial charge in [0.05, 0.1) is 26.5 Å². The number of carbonyl (C=O) groups excluding carboxylic acids is 1. The molecule has 3 aromatic carbocycles. The molecule has 0 aliphatic heterocycles. The number of amides is 1. The Morgan fingerprint density at radius 3 is 1.97 bits per heavy atom. The number of sulfone groups is 1. The molecule has 0 aliphatic carbocycles. The van der Waals surface area contributed by atoms with Crippen molar-refractivity contribution in [1.29, 1.82) is 0 Å². The smallest absolute Gasteiger partial charge is 0.321 e. The summed E-state index contributed by atoms with van der Waals surface area (Å²) in [5.74, 6) is -0.444. The standard InChI is InChI=1S/C22H19N3O4S/c1-24-18-13-17(23-21(26)15-9-5-3-6-10-15)20(14-19(18)25(2)22(24)27)30(28,29)16-11-7-4-8-12-16/h3-14H,1-2H3,(H,23,26). The summed E-state index contributed by atoms with van der Waals surface area (Å²) in [4.78, 5) is 25.1. The molecule has 0 fully saturated rings. The number of fused-ring (bicyclic) bond motifs is 1. The van der Waals surface area contributed by atoms with Crippen molar-refractivity contribution in [2.75, 3.05) is 5.32 Å². The molecule has 30 heavy (non-hydrogen) atoms.